The smallest absolute Gasteiger partial charge is 0.255 e. The van der Waals surface area contributed by atoms with Gasteiger partial charge in [-0.2, -0.15) is 0 Å². The molecule has 0 bridgehead atoms. The fourth-order valence-electron chi connectivity index (χ4n) is 3.66. The number of aliphatic imine (C=N–C) groups is 1. The second-order valence-corrected chi connectivity index (χ2v) is 9.08. The monoisotopic (exact) mass is 502 g/mol. The average molecular weight is 503 g/mol. The Morgan fingerprint density at radius 2 is 2.06 bits per heavy atom. The highest BCUT2D eigenvalue weighted by atomic mass is 79.9. The van der Waals surface area contributed by atoms with E-state index in [0.29, 0.717) is 23.6 Å². The lowest BCUT2D eigenvalue weighted by Crippen LogP contribution is -2.23. The maximum Gasteiger partial charge on any atom is 0.255 e. The van der Waals surface area contributed by atoms with Gasteiger partial charge in [-0.15, -0.1) is 11.3 Å². The maximum absolute atomic E-state index is 13.1. The van der Waals surface area contributed by atoms with E-state index in [-0.39, 0.29) is 5.91 Å². The Labute approximate surface area is 193 Å². The molecule has 0 radical (unpaired) electrons. The number of amides is 1. The minimum absolute atomic E-state index is 0.120. The van der Waals surface area contributed by atoms with Crippen LogP contribution in [-0.2, 0) is 19.4 Å². The van der Waals surface area contributed by atoms with Crippen molar-refractivity contribution in [1.29, 1.82) is 0 Å². The third-order valence-corrected chi connectivity index (χ3v) is 7.03. The zero-order valence-electron chi connectivity index (χ0n) is 17.4. The third-order valence-electron chi connectivity index (χ3n) is 5.21. The van der Waals surface area contributed by atoms with Gasteiger partial charge in [0, 0.05) is 22.7 Å². The molecule has 0 aliphatic heterocycles. The van der Waals surface area contributed by atoms with Crippen molar-refractivity contribution >= 4 is 44.4 Å². The summed E-state index contributed by atoms with van der Waals surface area (Å²) in [5.41, 5.74) is 2.60. The molecular formula is C23H23BrN2O4S. The molecule has 1 aliphatic rings. The summed E-state index contributed by atoms with van der Waals surface area (Å²) < 4.78 is 17.0. The Kier molecular flexibility index (Phi) is 6.77. The van der Waals surface area contributed by atoms with E-state index in [1.54, 1.807) is 38.0 Å². The summed E-state index contributed by atoms with van der Waals surface area (Å²) in [4.78, 5) is 19.1. The summed E-state index contributed by atoms with van der Waals surface area (Å²) in [5, 5.41) is 3.69. The Bertz CT molecular complexity index is 1110. The molecule has 6 nitrogen and oxygen atoms in total. The van der Waals surface area contributed by atoms with Crippen molar-refractivity contribution in [3.8, 4) is 11.5 Å². The number of benzene rings is 1. The van der Waals surface area contributed by atoms with Gasteiger partial charge in [-0.05, 0) is 65.4 Å². The molecule has 0 fully saturated rings. The highest BCUT2D eigenvalue weighted by Gasteiger charge is 2.25. The van der Waals surface area contributed by atoms with E-state index in [2.05, 4.69) is 21.2 Å². The number of fused-ring (bicyclic) bond motifs is 1. The summed E-state index contributed by atoms with van der Waals surface area (Å²) in [5.74, 6) is 1.92. The molecule has 1 aromatic carbocycles. The lowest BCUT2D eigenvalue weighted by atomic mass is 9.95. The van der Waals surface area contributed by atoms with Gasteiger partial charge in [0.05, 0.1) is 37.1 Å². The fraction of sp³-hybridized carbons (Fsp3) is 0.304. The van der Waals surface area contributed by atoms with E-state index in [1.807, 2.05) is 24.3 Å². The lowest BCUT2D eigenvalue weighted by molar-refractivity contribution is 0.0948. The number of aryl methyl sites for hydroxylation is 1. The molecule has 2 heterocycles. The fourth-order valence-corrected chi connectivity index (χ4v) is 5.41. The summed E-state index contributed by atoms with van der Waals surface area (Å²) in [6.07, 6.45) is 7.47. The predicted octanol–water partition coefficient (Wildman–Crippen LogP) is 5.68. The number of ether oxygens (including phenoxy) is 2. The van der Waals surface area contributed by atoms with Crippen LogP contribution in [0.25, 0.3) is 0 Å². The molecule has 4 rings (SSSR count). The first-order chi connectivity index (χ1) is 15.1. The molecule has 0 saturated carbocycles. The van der Waals surface area contributed by atoms with Crippen molar-refractivity contribution in [3.63, 3.8) is 0 Å². The number of halogens is 1. The van der Waals surface area contributed by atoms with E-state index >= 15 is 0 Å². The quantitative estimate of drug-likeness (QED) is 0.421. The molecule has 1 aliphatic carbocycles. The van der Waals surface area contributed by atoms with Gasteiger partial charge < -0.3 is 19.2 Å². The van der Waals surface area contributed by atoms with E-state index in [0.717, 1.165) is 52.0 Å². The van der Waals surface area contributed by atoms with Gasteiger partial charge in [-0.1, -0.05) is 0 Å². The molecule has 3 aromatic rings. The Morgan fingerprint density at radius 1 is 1.26 bits per heavy atom. The Hall–Kier alpha value is -2.58. The summed E-state index contributed by atoms with van der Waals surface area (Å²) in [6.45, 7) is 0.346. The second-order valence-electron chi connectivity index (χ2n) is 7.14. The number of rotatable bonds is 7. The average Bonchev–Trinajstić information content (AvgIpc) is 3.43. The molecule has 1 amide bonds. The molecule has 2 aromatic heterocycles. The topological polar surface area (TPSA) is 73.1 Å². The van der Waals surface area contributed by atoms with Crippen LogP contribution in [-0.4, -0.2) is 26.3 Å². The van der Waals surface area contributed by atoms with Crippen LogP contribution >= 0.6 is 27.3 Å². The van der Waals surface area contributed by atoms with Crippen molar-refractivity contribution < 1.29 is 18.7 Å². The van der Waals surface area contributed by atoms with E-state index in [1.165, 1.54) is 4.88 Å². The maximum atomic E-state index is 13.1. The van der Waals surface area contributed by atoms with Gasteiger partial charge in [0.1, 0.15) is 22.3 Å². The highest BCUT2D eigenvalue weighted by Crippen LogP contribution is 2.40. The van der Waals surface area contributed by atoms with Crippen molar-refractivity contribution in [3.05, 3.63) is 62.3 Å². The zero-order valence-corrected chi connectivity index (χ0v) is 19.8. The van der Waals surface area contributed by atoms with Crippen molar-refractivity contribution in [2.45, 2.75) is 32.2 Å². The number of hydrogen-bond acceptors (Lipinski definition) is 6. The van der Waals surface area contributed by atoms with Gasteiger partial charge in [-0.3, -0.25) is 4.79 Å². The number of nitrogens with zero attached hydrogens (tertiary/aromatic N) is 1. The second kappa shape index (κ2) is 9.70. The van der Waals surface area contributed by atoms with Crippen LogP contribution in [0.3, 0.4) is 0 Å². The predicted molar refractivity (Wildman–Crippen MR) is 125 cm³/mol. The summed E-state index contributed by atoms with van der Waals surface area (Å²) >= 11 is 5.11. The van der Waals surface area contributed by atoms with Crippen LogP contribution in [0.15, 0.2) is 44.4 Å². The number of methoxy groups -OCH3 is 2. The van der Waals surface area contributed by atoms with E-state index in [4.69, 9.17) is 18.9 Å². The number of furan rings is 1. The normalized spacial score (nSPS) is 13.3. The standard InChI is InChI=1S/C23H23BrN2O4S/c1-28-18-11-19(29-2)17(24)10-14(18)12-26-23-21(16-7-3-4-8-20(16)31-23)22(27)25-13-15-6-5-9-30-15/h5-6,9-12H,3-4,7-8,13H2,1-2H3,(H,25,27). The minimum Gasteiger partial charge on any atom is -0.496 e. The molecule has 8 heteroatoms. The van der Waals surface area contributed by atoms with Crippen LogP contribution in [0, 0.1) is 0 Å². The van der Waals surface area contributed by atoms with E-state index < -0.39 is 0 Å². The van der Waals surface area contributed by atoms with Crippen molar-refractivity contribution in [1.82, 2.24) is 5.32 Å². The van der Waals surface area contributed by atoms with Crippen molar-refractivity contribution in [2.75, 3.05) is 14.2 Å². The zero-order chi connectivity index (χ0) is 21.8. The van der Waals surface area contributed by atoms with Crippen LogP contribution in [0.1, 0.15) is 45.0 Å². The molecule has 0 atom stereocenters. The Morgan fingerprint density at radius 3 is 2.81 bits per heavy atom. The molecular weight excluding hydrogens is 480 g/mol. The van der Waals surface area contributed by atoms with Crippen LogP contribution in [0.4, 0.5) is 5.00 Å². The summed E-state index contributed by atoms with van der Waals surface area (Å²) in [7, 11) is 3.22. The van der Waals surface area contributed by atoms with Gasteiger partial charge >= 0.3 is 0 Å². The molecule has 0 spiro atoms. The molecule has 31 heavy (non-hydrogen) atoms. The summed E-state index contributed by atoms with van der Waals surface area (Å²) in [6, 6.07) is 7.35. The number of carbonyl (C=O) groups is 1. The minimum atomic E-state index is -0.120. The van der Waals surface area contributed by atoms with Gasteiger partial charge in [0.2, 0.25) is 0 Å². The van der Waals surface area contributed by atoms with Crippen LogP contribution in [0.5, 0.6) is 11.5 Å². The largest absolute Gasteiger partial charge is 0.496 e. The van der Waals surface area contributed by atoms with Crippen LogP contribution in [0.2, 0.25) is 0 Å². The van der Waals surface area contributed by atoms with Crippen molar-refractivity contribution in [2.24, 2.45) is 4.99 Å². The lowest BCUT2D eigenvalue weighted by Gasteiger charge is -2.12. The van der Waals surface area contributed by atoms with Gasteiger partial charge in [0.25, 0.3) is 5.91 Å². The Balaban J connectivity index is 1.66. The number of nitrogens with one attached hydrogen (secondary N) is 1. The highest BCUT2D eigenvalue weighted by molar-refractivity contribution is 9.10. The number of carbonyl (C=O) groups excluding carboxylic acids is 1. The molecule has 162 valence electrons. The van der Waals surface area contributed by atoms with Gasteiger partial charge in [0.15, 0.2) is 0 Å². The molecule has 1 N–H and O–H groups in total. The van der Waals surface area contributed by atoms with Gasteiger partial charge in [-0.25, -0.2) is 4.99 Å². The number of hydrogen-bond donors (Lipinski definition) is 1. The number of thiophene rings is 1. The van der Waals surface area contributed by atoms with Crippen LogP contribution < -0.4 is 14.8 Å². The SMILES string of the molecule is COc1cc(OC)c(C=Nc2sc3c(c2C(=O)NCc2ccco2)CCCC3)cc1Br. The first-order valence-corrected chi connectivity index (χ1v) is 11.6. The first-order valence-electron chi connectivity index (χ1n) is 10.0. The van der Waals surface area contributed by atoms with E-state index in [9.17, 15) is 4.79 Å². The molecule has 0 saturated heterocycles. The molecule has 0 unspecified atom stereocenters. The first kappa shape index (κ1) is 21.6. The third kappa shape index (κ3) is 4.70.